The second kappa shape index (κ2) is 3.99. The zero-order valence-corrected chi connectivity index (χ0v) is 11.5. The Balaban J connectivity index is 1.99. The van der Waals surface area contributed by atoms with Gasteiger partial charge < -0.3 is 10.1 Å². The van der Waals surface area contributed by atoms with Gasteiger partial charge in [0.1, 0.15) is 0 Å². The van der Waals surface area contributed by atoms with E-state index in [4.69, 9.17) is 4.74 Å². The molecule has 2 bridgehead atoms. The molecule has 1 N–H and O–H groups in total. The van der Waals surface area contributed by atoms with E-state index in [1.165, 1.54) is 19.3 Å². The molecule has 0 aromatic heterocycles. The summed E-state index contributed by atoms with van der Waals surface area (Å²) >= 11 is 0. The molecule has 2 aliphatic rings. The van der Waals surface area contributed by atoms with Crippen LogP contribution < -0.4 is 5.32 Å². The first kappa shape index (κ1) is 12.4. The highest BCUT2D eigenvalue weighted by molar-refractivity contribution is 5.11. The molecule has 2 aliphatic carbocycles. The molecule has 94 valence electrons. The summed E-state index contributed by atoms with van der Waals surface area (Å²) in [7, 11) is 2.00. The largest absolute Gasteiger partial charge is 0.376 e. The van der Waals surface area contributed by atoms with Crippen LogP contribution in [0.15, 0.2) is 0 Å². The van der Waals surface area contributed by atoms with Gasteiger partial charge in [-0.15, -0.1) is 0 Å². The van der Waals surface area contributed by atoms with Gasteiger partial charge in [0.25, 0.3) is 0 Å². The van der Waals surface area contributed by atoms with Crippen LogP contribution >= 0.6 is 0 Å². The van der Waals surface area contributed by atoms with E-state index in [0.29, 0.717) is 23.0 Å². The number of rotatable bonds is 4. The smallest absolute Gasteiger partial charge is 0.0637 e. The Labute approximate surface area is 100 Å². The van der Waals surface area contributed by atoms with Gasteiger partial charge in [-0.3, -0.25) is 0 Å². The Hall–Kier alpha value is -0.0800. The van der Waals surface area contributed by atoms with E-state index in [9.17, 15) is 0 Å². The van der Waals surface area contributed by atoms with E-state index in [1.807, 2.05) is 7.05 Å². The summed E-state index contributed by atoms with van der Waals surface area (Å²) in [5, 5.41) is 3.24. The summed E-state index contributed by atoms with van der Waals surface area (Å²) in [4.78, 5) is 0. The highest BCUT2D eigenvalue weighted by Crippen LogP contribution is 2.66. The summed E-state index contributed by atoms with van der Waals surface area (Å²) in [5.41, 5.74) is 0.881. The summed E-state index contributed by atoms with van der Waals surface area (Å²) in [5.74, 6) is 0.882. The molecule has 16 heavy (non-hydrogen) atoms. The minimum absolute atomic E-state index is 0.408. The van der Waals surface area contributed by atoms with Gasteiger partial charge in [0.15, 0.2) is 0 Å². The quantitative estimate of drug-likeness (QED) is 0.794. The molecular formula is C14H27NO. The van der Waals surface area contributed by atoms with E-state index in [0.717, 1.165) is 12.5 Å². The lowest BCUT2D eigenvalue weighted by molar-refractivity contribution is -0.0515. The first-order chi connectivity index (χ1) is 7.41. The summed E-state index contributed by atoms with van der Waals surface area (Å²) in [6.45, 7) is 10.3. The Kier molecular flexibility index (Phi) is 3.09. The minimum Gasteiger partial charge on any atom is -0.376 e. The molecule has 0 aromatic rings. The van der Waals surface area contributed by atoms with Crippen molar-refractivity contribution in [2.45, 2.75) is 59.1 Å². The third kappa shape index (κ3) is 1.62. The fourth-order valence-corrected chi connectivity index (χ4v) is 3.73. The molecule has 2 saturated carbocycles. The highest BCUT2D eigenvalue weighted by atomic mass is 16.5. The molecule has 2 nitrogen and oxygen atoms in total. The van der Waals surface area contributed by atoms with Crippen molar-refractivity contribution in [1.82, 2.24) is 5.32 Å². The fourth-order valence-electron chi connectivity index (χ4n) is 3.73. The summed E-state index contributed by atoms with van der Waals surface area (Å²) in [6.07, 6.45) is 4.52. The predicted octanol–water partition coefficient (Wildman–Crippen LogP) is 2.83. The van der Waals surface area contributed by atoms with Crippen LogP contribution in [0.5, 0.6) is 0 Å². The van der Waals surface area contributed by atoms with E-state index in [1.54, 1.807) is 0 Å². The number of nitrogens with one attached hydrogen (secondary N) is 1. The van der Waals surface area contributed by atoms with Gasteiger partial charge in [0.05, 0.1) is 12.7 Å². The first-order valence-electron chi connectivity index (χ1n) is 6.70. The zero-order chi connectivity index (χ0) is 12.0. The van der Waals surface area contributed by atoms with Crippen LogP contribution in [-0.4, -0.2) is 25.8 Å². The average molecular weight is 225 g/mol. The van der Waals surface area contributed by atoms with Crippen LogP contribution in [0.1, 0.15) is 47.0 Å². The Morgan fingerprint density at radius 1 is 1.38 bits per heavy atom. The van der Waals surface area contributed by atoms with Gasteiger partial charge in [-0.25, -0.2) is 0 Å². The third-order valence-electron chi connectivity index (χ3n) is 5.75. The molecule has 0 saturated heterocycles. The second-order valence-corrected chi connectivity index (χ2v) is 6.62. The van der Waals surface area contributed by atoms with Crippen molar-refractivity contribution in [2.75, 3.05) is 13.7 Å². The van der Waals surface area contributed by atoms with Gasteiger partial charge >= 0.3 is 0 Å². The van der Waals surface area contributed by atoms with Crippen molar-refractivity contribution in [3.05, 3.63) is 0 Å². The summed E-state index contributed by atoms with van der Waals surface area (Å²) < 4.78 is 6.17. The van der Waals surface area contributed by atoms with E-state index in [-0.39, 0.29) is 0 Å². The van der Waals surface area contributed by atoms with Crippen molar-refractivity contribution >= 4 is 0 Å². The van der Waals surface area contributed by atoms with Crippen molar-refractivity contribution in [3.8, 4) is 0 Å². The van der Waals surface area contributed by atoms with Crippen LogP contribution in [0.25, 0.3) is 0 Å². The first-order valence-corrected chi connectivity index (χ1v) is 6.70. The van der Waals surface area contributed by atoms with Crippen LogP contribution in [-0.2, 0) is 4.74 Å². The molecule has 0 aromatic carbocycles. The minimum atomic E-state index is 0.408. The molecule has 0 radical (unpaired) electrons. The van der Waals surface area contributed by atoms with E-state index >= 15 is 0 Å². The van der Waals surface area contributed by atoms with E-state index in [2.05, 4.69) is 33.0 Å². The summed E-state index contributed by atoms with van der Waals surface area (Å²) in [6, 6.07) is 0.464. The second-order valence-electron chi connectivity index (χ2n) is 6.62. The van der Waals surface area contributed by atoms with Gasteiger partial charge in [-0.2, -0.15) is 0 Å². The molecule has 2 heteroatoms. The Morgan fingerprint density at radius 2 is 2.06 bits per heavy atom. The maximum absolute atomic E-state index is 6.17. The lowest BCUT2D eigenvalue weighted by atomic mass is 9.70. The fraction of sp³-hybridized carbons (Fsp3) is 1.00. The number of fused-ring (bicyclic) bond motifs is 2. The van der Waals surface area contributed by atoms with Gasteiger partial charge in [0.2, 0.25) is 0 Å². The third-order valence-corrected chi connectivity index (χ3v) is 5.75. The van der Waals surface area contributed by atoms with Crippen LogP contribution in [0.3, 0.4) is 0 Å². The average Bonchev–Trinajstić information content (AvgIpc) is 2.58. The zero-order valence-electron chi connectivity index (χ0n) is 11.5. The molecule has 2 fully saturated rings. The highest BCUT2D eigenvalue weighted by Gasteiger charge is 2.61. The van der Waals surface area contributed by atoms with Crippen molar-refractivity contribution < 1.29 is 4.74 Å². The van der Waals surface area contributed by atoms with Crippen LogP contribution in [0.4, 0.5) is 0 Å². The van der Waals surface area contributed by atoms with Crippen molar-refractivity contribution in [2.24, 2.45) is 16.7 Å². The number of ether oxygens (including phenoxy) is 1. The van der Waals surface area contributed by atoms with Crippen molar-refractivity contribution in [1.29, 1.82) is 0 Å². The lowest BCUT2D eigenvalue weighted by Crippen LogP contribution is -2.39. The molecule has 2 rings (SSSR count). The molecule has 0 heterocycles. The predicted molar refractivity (Wildman–Crippen MR) is 67.5 cm³/mol. The monoisotopic (exact) mass is 225 g/mol. The van der Waals surface area contributed by atoms with Crippen LogP contribution in [0, 0.1) is 16.7 Å². The van der Waals surface area contributed by atoms with Gasteiger partial charge in [-0.1, -0.05) is 20.8 Å². The number of likely N-dealkylation sites (N-methyl/N-ethyl adjacent to an activating group) is 1. The SMILES string of the molecule is CNC(C)COC1CC2CCC1(C)C2(C)C. The molecular weight excluding hydrogens is 198 g/mol. The molecule has 0 spiro atoms. The molecule has 4 unspecified atom stereocenters. The van der Waals surface area contributed by atoms with Crippen molar-refractivity contribution in [3.63, 3.8) is 0 Å². The molecule has 0 aliphatic heterocycles. The molecule has 0 amide bonds. The topological polar surface area (TPSA) is 21.3 Å². The van der Waals surface area contributed by atoms with E-state index < -0.39 is 0 Å². The Morgan fingerprint density at radius 3 is 2.50 bits per heavy atom. The maximum Gasteiger partial charge on any atom is 0.0637 e. The standard InChI is InChI=1S/C14H27NO/c1-10(15-5)9-16-12-8-11-6-7-14(12,4)13(11,2)3/h10-12,15H,6-9H2,1-5H3. The van der Waals surface area contributed by atoms with Gasteiger partial charge in [-0.05, 0) is 50.0 Å². The van der Waals surface area contributed by atoms with Gasteiger partial charge in [0, 0.05) is 6.04 Å². The Bertz CT molecular complexity index is 263. The normalized spacial score (nSPS) is 42.6. The molecule has 4 atom stereocenters. The number of hydrogen-bond donors (Lipinski definition) is 1. The van der Waals surface area contributed by atoms with Crippen LogP contribution in [0.2, 0.25) is 0 Å². The maximum atomic E-state index is 6.17. The number of hydrogen-bond acceptors (Lipinski definition) is 2. The lowest BCUT2D eigenvalue weighted by Gasteiger charge is -2.39.